The zero-order valence-electron chi connectivity index (χ0n) is 18.1. The third-order valence-electron chi connectivity index (χ3n) is 5.32. The molecule has 9 nitrogen and oxygen atoms in total. The Morgan fingerprint density at radius 2 is 2.00 bits per heavy atom. The Labute approximate surface area is 187 Å². The van der Waals surface area contributed by atoms with E-state index in [1.165, 1.54) is 7.11 Å². The molecule has 0 saturated carbocycles. The Bertz CT molecular complexity index is 880. The third kappa shape index (κ3) is 6.93. The van der Waals surface area contributed by atoms with Crippen LogP contribution in [0, 0.1) is 0 Å². The summed E-state index contributed by atoms with van der Waals surface area (Å²) in [7, 11) is 1.54. The maximum absolute atomic E-state index is 12.4. The first-order valence-corrected chi connectivity index (χ1v) is 10.7. The van der Waals surface area contributed by atoms with Gasteiger partial charge in [0.2, 0.25) is 5.91 Å². The number of nitrogens with one attached hydrogen (secondary N) is 3. The predicted molar refractivity (Wildman–Crippen MR) is 119 cm³/mol. The minimum Gasteiger partial charge on any atom is -0.495 e. The lowest BCUT2D eigenvalue weighted by molar-refractivity contribution is -0.121. The third-order valence-corrected chi connectivity index (χ3v) is 5.32. The number of carbonyl (C=O) groups excluding carboxylic acids is 2. The SMILES string of the molecule is COc1ccccc1NC(=O)N[C@@H]1CC[C@H](CCNC(=O)Cc2ccccn2)O[C@@H]1CO. The van der Waals surface area contributed by atoms with Gasteiger partial charge in [-0.15, -0.1) is 0 Å². The first-order chi connectivity index (χ1) is 15.6. The van der Waals surface area contributed by atoms with Crippen LogP contribution in [-0.4, -0.2) is 60.5 Å². The highest BCUT2D eigenvalue weighted by molar-refractivity contribution is 5.91. The van der Waals surface area contributed by atoms with Gasteiger partial charge in [0.25, 0.3) is 0 Å². The van der Waals surface area contributed by atoms with Gasteiger partial charge >= 0.3 is 6.03 Å². The van der Waals surface area contributed by atoms with E-state index < -0.39 is 6.10 Å². The van der Waals surface area contributed by atoms with Gasteiger partial charge in [0, 0.05) is 18.4 Å². The first-order valence-electron chi connectivity index (χ1n) is 10.7. The number of urea groups is 1. The highest BCUT2D eigenvalue weighted by Crippen LogP contribution is 2.24. The lowest BCUT2D eigenvalue weighted by Gasteiger charge is -2.36. The van der Waals surface area contributed by atoms with Crippen molar-refractivity contribution in [3.63, 3.8) is 0 Å². The molecule has 0 spiro atoms. The molecule has 9 heteroatoms. The Morgan fingerprint density at radius 1 is 1.19 bits per heavy atom. The molecule has 4 N–H and O–H groups in total. The van der Waals surface area contributed by atoms with Crippen LogP contribution in [-0.2, 0) is 16.0 Å². The number of benzene rings is 1. The fourth-order valence-corrected chi connectivity index (χ4v) is 3.69. The first kappa shape index (κ1) is 23.5. The number of carbonyl (C=O) groups is 2. The van der Waals surface area contributed by atoms with Crippen molar-refractivity contribution >= 4 is 17.6 Å². The number of pyridine rings is 1. The molecule has 0 unspecified atom stereocenters. The zero-order chi connectivity index (χ0) is 22.8. The lowest BCUT2D eigenvalue weighted by Crippen LogP contribution is -2.52. The molecule has 2 heterocycles. The van der Waals surface area contributed by atoms with Crippen LogP contribution >= 0.6 is 0 Å². The molecule has 0 aliphatic carbocycles. The van der Waals surface area contributed by atoms with Gasteiger partial charge in [-0.3, -0.25) is 9.78 Å². The maximum atomic E-state index is 12.4. The number of methoxy groups -OCH3 is 1. The smallest absolute Gasteiger partial charge is 0.319 e. The van der Waals surface area contributed by atoms with E-state index >= 15 is 0 Å². The van der Waals surface area contributed by atoms with Crippen LogP contribution in [0.3, 0.4) is 0 Å². The van der Waals surface area contributed by atoms with E-state index in [4.69, 9.17) is 9.47 Å². The minimum atomic E-state index is -0.513. The maximum Gasteiger partial charge on any atom is 0.319 e. The van der Waals surface area contributed by atoms with Crippen molar-refractivity contribution in [1.29, 1.82) is 0 Å². The fourth-order valence-electron chi connectivity index (χ4n) is 3.69. The molecule has 1 fully saturated rings. The van der Waals surface area contributed by atoms with Gasteiger partial charge in [-0.25, -0.2) is 4.79 Å². The molecular weight excluding hydrogens is 412 g/mol. The molecule has 1 aliphatic heterocycles. The number of aliphatic hydroxyl groups excluding tert-OH is 1. The predicted octanol–water partition coefficient (Wildman–Crippen LogP) is 1.87. The van der Waals surface area contributed by atoms with E-state index in [0.29, 0.717) is 37.2 Å². The Hall–Kier alpha value is -3.17. The number of hydrogen-bond acceptors (Lipinski definition) is 6. The quantitative estimate of drug-likeness (QED) is 0.470. The van der Waals surface area contributed by atoms with E-state index in [0.717, 1.165) is 5.69 Å². The number of rotatable bonds is 9. The van der Waals surface area contributed by atoms with Gasteiger partial charge in [0.15, 0.2) is 0 Å². The van der Waals surface area contributed by atoms with Gasteiger partial charge in [-0.2, -0.15) is 0 Å². The summed E-state index contributed by atoms with van der Waals surface area (Å²) in [5.41, 5.74) is 1.28. The monoisotopic (exact) mass is 442 g/mol. The van der Waals surface area contributed by atoms with Crippen LogP contribution in [0.5, 0.6) is 5.75 Å². The molecule has 1 saturated heterocycles. The second kappa shape index (κ2) is 12.0. The highest BCUT2D eigenvalue weighted by Gasteiger charge is 2.31. The number of amides is 3. The Kier molecular flexibility index (Phi) is 8.82. The summed E-state index contributed by atoms with van der Waals surface area (Å²) in [6.45, 7) is 0.267. The van der Waals surface area contributed by atoms with Crippen molar-refractivity contribution in [1.82, 2.24) is 15.6 Å². The summed E-state index contributed by atoms with van der Waals surface area (Å²) >= 11 is 0. The molecule has 1 aromatic carbocycles. The average Bonchev–Trinajstić information content (AvgIpc) is 2.81. The molecule has 3 amide bonds. The number of aliphatic hydroxyl groups is 1. The van der Waals surface area contributed by atoms with Crippen LogP contribution in [0.25, 0.3) is 0 Å². The second-order valence-electron chi connectivity index (χ2n) is 7.60. The highest BCUT2D eigenvalue weighted by atomic mass is 16.5. The number of aromatic nitrogens is 1. The fraction of sp³-hybridized carbons (Fsp3) is 0.435. The van der Waals surface area contributed by atoms with Gasteiger partial charge in [-0.05, 0) is 43.5 Å². The Balaban J connectivity index is 1.41. The van der Waals surface area contributed by atoms with Crippen LogP contribution in [0.15, 0.2) is 48.7 Å². The normalized spacial score (nSPS) is 20.2. The second-order valence-corrected chi connectivity index (χ2v) is 7.60. The lowest BCUT2D eigenvalue weighted by atomic mass is 9.97. The van der Waals surface area contributed by atoms with E-state index in [9.17, 15) is 14.7 Å². The average molecular weight is 443 g/mol. The summed E-state index contributed by atoms with van der Waals surface area (Å²) in [5, 5.41) is 18.3. The van der Waals surface area contributed by atoms with Crippen LogP contribution in [0.4, 0.5) is 10.5 Å². The van der Waals surface area contributed by atoms with Crippen molar-refractivity contribution in [2.45, 2.75) is 43.9 Å². The molecule has 3 atom stereocenters. The molecule has 32 heavy (non-hydrogen) atoms. The van der Waals surface area contributed by atoms with Gasteiger partial charge < -0.3 is 30.5 Å². The van der Waals surface area contributed by atoms with Crippen LogP contribution in [0.1, 0.15) is 25.0 Å². The summed E-state index contributed by atoms with van der Waals surface area (Å²) in [6, 6.07) is 11.9. The minimum absolute atomic E-state index is 0.0919. The van der Waals surface area contributed by atoms with E-state index in [-0.39, 0.29) is 37.1 Å². The van der Waals surface area contributed by atoms with E-state index in [2.05, 4.69) is 20.9 Å². The van der Waals surface area contributed by atoms with Crippen molar-refractivity contribution in [2.24, 2.45) is 0 Å². The van der Waals surface area contributed by atoms with Gasteiger partial charge in [0.1, 0.15) is 11.9 Å². The largest absolute Gasteiger partial charge is 0.495 e. The molecule has 172 valence electrons. The number of ether oxygens (including phenoxy) is 2. The van der Waals surface area contributed by atoms with E-state index in [1.807, 2.05) is 24.3 Å². The van der Waals surface area contributed by atoms with Gasteiger partial charge in [-0.1, -0.05) is 18.2 Å². The molecule has 3 rings (SSSR count). The molecule has 1 aromatic heterocycles. The van der Waals surface area contributed by atoms with Gasteiger partial charge in [0.05, 0.1) is 38.0 Å². The van der Waals surface area contributed by atoms with Crippen molar-refractivity contribution in [3.8, 4) is 5.75 Å². The molecule has 2 aromatic rings. The Morgan fingerprint density at radius 3 is 2.75 bits per heavy atom. The number of hydrogen-bond donors (Lipinski definition) is 4. The molecule has 0 bridgehead atoms. The number of para-hydroxylation sites is 2. The number of nitrogens with zero attached hydrogens (tertiary/aromatic N) is 1. The molecule has 1 aliphatic rings. The van der Waals surface area contributed by atoms with Crippen molar-refractivity contribution in [2.75, 3.05) is 25.6 Å². The summed E-state index contributed by atoms with van der Waals surface area (Å²) in [5.74, 6) is 0.470. The van der Waals surface area contributed by atoms with Crippen LogP contribution < -0.4 is 20.7 Å². The molecular formula is C23H30N4O5. The summed E-state index contributed by atoms with van der Waals surface area (Å²) < 4.78 is 11.2. The molecule has 0 radical (unpaired) electrons. The zero-order valence-corrected chi connectivity index (χ0v) is 18.1. The summed E-state index contributed by atoms with van der Waals surface area (Å²) in [6.07, 6.45) is 3.29. The standard InChI is InChI=1S/C23H30N4O5/c1-31-20-8-3-2-7-18(20)26-23(30)27-19-10-9-17(32-21(19)15-28)11-13-25-22(29)14-16-6-4-5-12-24-16/h2-8,12,17,19,21,28H,9-11,13-15H2,1H3,(H,25,29)(H2,26,27,30)/t17-,19-,21-/m1/s1. The topological polar surface area (TPSA) is 122 Å². The van der Waals surface area contributed by atoms with Crippen molar-refractivity contribution < 1.29 is 24.2 Å². The van der Waals surface area contributed by atoms with Crippen molar-refractivity contribution in [3.05, 3.63) is 54.4 Å². The van der Waals surface area contributed by atoms with E-state index in [1.54, 1.807) is 24.4 Å². The summed E-state index contributed by atoms with van der Waals surface area (Å²) in [4.78, 5) is 28.6. The van der Waals surface area contributed by atoms with Crippen LogP contribution in [0.2, 0.25) is 0 Å². The number of anilines is 1.